The van der Waals surface area contributed by atoms with Crippen LogP contribution in [-0.2, 0) is 0 Å². The van der Waals surface area contributed by atoms with Gasteiger partial charge in [0.25, 0.3) is 5.91 Å². The highest BCUT2D eigenvalue weighted by Crippen LogP contribution is 2.24. The molecule has 182 valence electrons. The summed E-state index contributed by atoms with van der Waals surface area (Å²) in [5, 5.41) is 0. The van der Waals surface area contributed by atoms with Crippen molar-refractivity contribution < 1.29 is 9.53 Å². The molecule has 0 N–H and O–H groups in total. The Hall–Kier alpha value is -2.43. The number of rotatable bonds is 5. The van der Waals surface area contributed by atoms with Crippen molar-refractivity contribution in [2.75, 3.05) is 13.1 Å². The van der Waals surface area contributed by atoms with E-state index in [4.69, 9.17) is 4.74 Å². The fraction of sp³-hybridized carbons (Fsp3) is 0.607. The number of hydrogen-bond acceptors (Lipinski definition) is 4. The van der Waals surface area contributed by atoms with Crippen LogP contribution in [0.2, 0.25) is 0 Å². The molecule has 2 aliphatic rings. The Balaban J connectivity index is 0.000000218. The summed E-state index contributed by atoms with van der Waals surface area (Å²) in [4.78, 5) is 22.9. The van der Waals surface area contributed by atoms with Crippen molar-refractivity contribution in [2.45, 2.75) is 98.0 Å². The van der Waals surface area contributed by atoms with E-state index >= 15 is 0 Å². The van der Waals surface area contributed by atoms with Gasteiger partial charge in [-0.05, 0) is 68.6 Å². The van der Waals surface area contributed by atoms with E-state index in [2.05, 4.69) is 43.7 Å². The second-order valence-corrected chi connectivity index (χ2v) is 9.18. The van der Waals surface area contributed by atoms with Crippen LogP contribution in [0.15, 0.2) is 36.4 Å². The fourth-order valence-corrected chi connectivity index (χ4v) is 3.97. The van der Waals surface area contributed by atoms with Gasteiger partial charge in [0, 0.05) is 30.5 Å². The molecular weight excluding hydrogens is 410 g/mol. The molecule has 3 heterocycles. The summed E-state index contributed by atoms with van der Waals surface area (Å²) in [7, 11) is 0. The Bertz CT molecular complexity index is 839. The van der Waals surface area contributed by atoms with Gasteiger partial charge < -0.3 is 9.64 Å². The minimum absolute atomic E-state index is 0.0833. The number of pyridine rings is 2. The number of carbonyl (C=O) groups is 1. The second-order valence-electron chi connectivity index (χ2n) is 9.18. The van der Waals surface area contributed by atoms with Crippen molar-refractivity contribution in [3.05, 3.63) is 53.5 Å². The zero-order chi connectivity index (χ0) is 24.2. The van der Waals surface area contributed by atoms with E-state index in [0.29, 0.717) is 23.6 Å². The lowest BCUT2D eigenvalue weighted by Crippen LogP contribution is -2.28. The van der Waals surface area contributed by atoms with Crippen LogP contribution in [-0.4, -0.2) is 40.0 Å². The van der Waals surface area contributed by atoms with Gasteiger partial charge in [0.1, 0.15) is 11.8 Å². The molecule has 0 atom stereocenters. The SMILES string of the molecule is CC.CC(C)c1cccc(C(=O)N2CCCC2)n1.CC(C)c1cccc(OC2CCCC2)n1. The van der Waals surface area contributed by atoms with Crippen LogP contribution in [0.3, 0.4) is 0 Å². The lowest BCUT2D eigenvalue weighted by molar-refractivity contribution is 0.0786. The topological polar surface area (TPSA) is 55.3 Å². The van der Waals surface area contributed by atoms with Gasteiger partial charge in [0.15, 0.2) is 0 Å². The van der Waals surface area contributed by atoms with Crippen LogP contribution in [0.25, 0.3) is 0 Å². The van der Waals surface area contributed by atoms with Gasteiger partial charge in [-0.3, -0.25) is 4.79 Å². The molecule has 2 aromatic heterocycles. The van der Waals surface area contributed by atoms with E-state index in [1.807, 2.05) is 49.1 Å². The molecule has 1 aliphatic heterocycles. The zero-order valence-electron chi connectivity index (χ0n) is 21.5. The molecular formula is C28H43N3O2. The first-order chi connectivity index (χ1) is 15.9. The first-order valence-corrected chi connectivity index (χ1v) is 12.8. The molecule has 0 unspecified atom stereocenters. The third kappa shape index (κ3) is 8.45. The Morgan fingerprint density at radius 3 is 1.97 bits per heavy atom. The highest BCUT2D eigenvalue weighted by atomic mass is 16.5. The van der Waals surface area contributed by atoms with Crippen molar-refractivity contribution in [3.8, 4) is 5.88 Å². The minimum atomic E-state index is 0.0833. The van der Waals surface area contributed by atoms with E-state index in [-0.39, 0.29) is 5.91 Å². The van der Waals surface area contributed by atoms with Crippen molar-refractivity contribution >= 4 is 5.91 Å². The van der Waals surface area contributed by atoms with E-state index < -0.39 is 0 Å². The third-order valence-corrected chi connectivity index (χ3v) is 5.90. The van der Waals surface area contributed by atoms with Crippen LogP contribution in [0.5, 0.6) is 5.88 Å². The average Bonchev–Trinajstić information content (AvgIpc) is 3.55. The lowest BCUT2D eigenvalue weighted by Gasteiger charge is -2.15. The molecule has 2 fully saturated rings. The Labute approximate surface area is 201 Å². The Morgan fingerprint density at radius 1 is 0.848 bits per heavy atom. The maximum atomic E-state index is 12.1. The van der Waals surface area contributed by atoms with Crippen molar-refractivity contribution in [1.29, 1.82) is 0 Å². The third-order valence-electron chi connectivity index (χ3n) is 5.90. The van der Waals surface area contributed by atoms with Crippen molar-refractivity contribution in [3.63, 3.8) is 0 Å². The number of carbonyl (C=O) groups excluding carboxylic acids is 1. The van der Waals surface area contributed by atoms with Crippen LogP contribution in [0.4, 0.5) is 0 Å². The first-order valence-electron chi connectivity index (χ1n) is 12.8. The summed E-state index contributed by atoms with van der Waals surface area (Å²) < 4.78 is 5.86. The van der Waals surface area contributed by atoms with E-state index in [1.54, 1.807) is 0 Å². The predicted molar refractivity (Wildman–Crippen MR) is 136 cm³/mol. The van der Waals surface area contributed by atoms with Crippen LogP contribution in [0.1, 0.15) is 114 Å². The first kappa shape index (κ1) is 26.8. The van der Waals surface area contributed by atoms with Gasteiger partial charge in [-0.15, -0.1) is 0 Å². The maximum Gasteiger partial charge on any atom is 0.272 e. The number of ether oxygens (including phenoxy) is 1. The highest BCUT2D eigenvalue weighted by Gasteiger charge is 2.21. The Morgan fingerprint density at radius 2 is 1.39 bits per heavy atom. The molecule has 0 aromatic carbocycles. The molecule has 0 bridgehead atoms. The largest absolute Gasteiger partial charge is 0.474 e. The predicted octanol–water partition coefficient (Wildman–Crippen LogP) is 6.99. The molecule has 5 heteroatoms. The zero-order valence-corrected chi connectivity index (χ0v) is 21.5. The van der Waals surface area contributed by atoms with Gasteiger partial charge in [-0.1, -0.05) is 53.7 Å². The molecule has 0 radical (unpaired) electrons. The Kier molecular flexibility index (Phi) is 11.4. The number of aromatic nitrogens is 2. The van der Waals surface area contributed by atoms with E-state index in [9.17, 15) is 4.79 Å². The average molecular weight is 454 g/mol. The van der Waals surface area contributed by atoms with Gasteiger partial charge in [-0.25, -0.2) is 9.97 Å². The minimum Gasteiger partial charge on any atom is -0.474 e. The molecule has 0 spiro atoms. The van der Waals surface area contributed by atoms with Crippen molar-refractivity contribution in [2.24, 2.45) is 0 Å². The molecule has 1 amide bonds. The molecule has 1 aliphatic carbocycles. The van der Waals surface area contributed by atoms with Gasteiger partial charge >= 0.3 is 0 Å². The van der Waals surface area contributed by atoms with E-state index in [1.165, 1.54) is 25.7 Å². The summed E-state index contributed by atoms with van der Waals surface area (Å²) in [5.41, 5.74) is 2.70. The molecule has 5 nitrogen and oxygen atoms in total. The molecule has 1 saturated heterocycles. The molecule has 2 aromatic rings. The van der Waals surface area contributed by atoms with Crippen LogP contribution < -0.4 is 4.74 Å². The lowest BCUT2D eigenvalue weighted by atomic mass is 10.1. The van der Waals surface area contributed by atoms with Gasteiger partial charge in [0.05, 0.1) is 0 Å². The van der Waals surface area contributed by atoms with Crippen LogP contribution in [0, 0.1) is 0 Å². The smallest absolute Gasteiger partial charge is 0.272 e. The van der Waals surface area contributed by atoms with E-state index in [0.717, 1.165) is 43.2 Å². The van der Waals surface area contributed by atoms with Gasteiger partial charge in [-0.2, -0.15) is 0 Å². The molecule has 33 heavy (non-hydrogen) atoms. The maximum absolute atomic E-state index is 12.1. The number of hydrogen-bond donors (Lipinski definition) is 0. The number of amides is 1. The summed E-state index contributed by atoms with van der Waals surface area (Å²) in [6.45, 7) is 14.3. The van der Waals surface area contributed by atoms with Gasteiger partial charge in [0.2, 0.25) is 5.88 Å². The fourth-order valence-electron chi connectivity index (χ4n) is 3.97. The van der Waals surface area contributed by atoms with Crippen LogP contribution >= 0.6 is 0 Å². The second kappa shape index (κ2) is 14.0. The monoisotopic (exact) mass is 453 g/mol. The summed E-state index contributed by atoms with van der Waals surface area (Å²) in [5.74, 6) is 1.72. The molecule has 1 saturated carbocycles. The summed E-state index contributed by atoms with van der Waals surface area (Å²) in [6.07, 6.45) is 7.62. The molecule has 4 rings (SSSR count). The van der Waals surface area contributed by atoms with Crippen molar-refractivity contribution in [1.82, 2.24) is 14.9 Å². The summed E-state index contributed by atoms with van der Waals surface area (Å²) >= 11 is 0. The normalized spacial score (nSPS) is 15.7. The highest BCUT2D eigenvalue weighted by molar-refractivity contribution is 5.92. The number of nitrogens with zero attached hydrogens (tertiary/aromatic N) is 3. The quantitative estimate of drug-likeness (QED) is 0.489. The summed E-state index contributed by atoms with van der Waals surface area (Å²) in [6, 6.07) is 11.8. The number of likely N-dealkylation sites (tertiary alicyclic amines) is 1. The standard InChI is InChI=1S/C13H18N2O.C13H19NO.C2H6/c1-10(2)11-6-5-7-12(14-11)13(16)15-8-3-4-9-15;1-10(2)12-8-5-9-13(14-12)15-11-6-3-4-7-11;1-2/h5-7,10H,3-4,8-9H2,1-2H3;5,8-11H,3-4,6-7H2,1-2H3;1-2H3.